The Hall–Kier alpha value is -0.890. The van der Waals surface area contributed by atoms with Gasteiger partial charge in [-0.05, 0) is 46.1 Å². The van der Waals surface area contributed by atoms with Crippen LogP contribution in [0, 0.1) is 0 Å². The van der Waals surface area contributed by atoms with Gasteiger partial charge in [0.05, 0.1) is 11.7 Å². The highest BCUT2D eigenvalue weighted by molar-refractivity contribution is 5.97. The summed E-state index contributed by atoms with van der Waals surface area (Å²) in [5.41, 5.74) is 3.32. The summed E-state index contributed by atoms with van der Waals surface area (Å²) >= 11 is 0. The molecule has 0 aromatic carbocycles. The average Bonchev–Trinajstić information content (AvgIpc) is 2.84. The lowest BCUT2D eigenvalue weighted by Crippen LogP contribution is -2.15. The second kappa shape index (κ2) is 4.41. The molecule has 0 aromatic heterocycles. The number of epoxide rings is 1. The fourth-order valence-corrected chi connectivity index (χ4v) is 2.59. The van der Waals surface area contributed by atoms with E-state index in [-0.39, 0.29) is 17.5 Å². The van der Waals surface area contributed by atoms with Crippen LogP contribution in [0.5, 0.6) is 0 Å². The van der Waals surface area contributed by atoms with E-state index >= 15 is 0 Å². The van der Waals surface area contributed by atoms with E-state index in [1.54, 1.807) is 0 Å². The molecule has 17 heavy (non-hydrogen) atoms. The number of carbonyl (C=O) groups excluding carboxylic acids is 1. The van der Waals surface area contributed by atoms with Gasteiger partial charge in [-0.1, -0.05) is 17.2 Å². The predicted octanol–water partition coefficient (Wildman–Crippen LogP) is 3.57. The number of rotatable bonds is 0. The summed E-state index contributed by atoms with van der Waals surface area (Å²) in [6, 6.07) is 0. The maximum absolute atomic E-state index is 12.2. The number of Topliss-reactive ketones (excluding diaryl/α,β-unsaturated/α-hetero) is 1. The van der Waals surface area contributed by atoms with Crippen LogP contribution >= 0.6 is 0 Å². The van der Waals surface area contributed by atoms with Gasteiger partial charge >= 0.3 is 0 Å². The summed E-state index contributed by atoms with van der Waals surface area (Å²) in [5.74, 6) is 0.276. The van der Waals surface area contributed by atoms with Crippen molar-refractivity contribution in [2.24, 2.45) is 0 Å². The van der Waals surface area contributed by atoms with Crippen LogP contribution in [0.25, 0.3) is 0 Å². The molecular weight excluding hydrogens is 212 g/mol. The molecule has 0 bridgehead atoms. The lowest BCUT2D eigenvalue weighted by molar-refractivity contribution is -0.115. The fraction of sp³-hybridized carbons (Fsp3) is 0.667. The maximum Gasteiger partial charge on any atom is 0.162 e. The molecule has 1 aliphatic heterocycles. The van der Waals surface area contributed by atoms with E-state index < -0.39 is 0 Å². The highest BCUT2D eigenvalue weighted by Crippen LogP contribution is 2.45. The lowest BCUT2D eigenvalue weighted by Gasteiger charge is -2.12. The number of hydrogen-bond acceptors (Lipinski definition) is 2. The molecule has 2 rings (SSSR count). The van der Waals surface area contributed by atoms with Crippen LogP contribution in [0.1, 0.15) is 53.4 Å². The molecule has 1 saturated heterocycles. The number of allylic oxidation sites excluding steroid dienone is 3. The normalized spacial score (nSPS) is 36.9. The molecule has 0 aromatic rings. The fourth-order valence-electron chi connectivity index (χ4n) is 2.59. The Bertz CT molecular complexity index is 399. The van der Waals surface area contributed by atoms with Crippen LogP contribution in [-0.4, -0.2) is 17.5 Å². The van der Waals surface area contributed by atoms with E-state index in [2.05, 4.69) is 19.9 Å². The first-order chi connectivity index (χ1) is 7.92. The van der Waals surface area contributed by atoms with Crippen molar-refractivity contribution in [3.63, 3.8) is 0 Å². The van der Waals surface area contributed by atoms with Crippen molar-refractivity contribution in [2.45, 2.75) is 65.1 Å². The summed E-state index contributed by atoms with van der Waals surface area (Å²) in [7, 11) is 0. The quantitative estimate of drug-likeness (QED) is 0.364. The first kappa shape index (κ1) is 12.6. The van der Waals surface area contributed by atoms with E-state index in [9.17, 15) is 4.79 Å². The Morgan fingerprint density at radius 3 is 2.82 bits per heavy atom. The third-order valence-electron chi connectivity index (χ3n) is 3.94. The minimum absolute atomic E-state index is 0.00903. The largest absolute Gasteiger partial charge is 0.366 e. The van der Waals surface area contributed by atoms with Crippen molar-refractivity contribution in [3.8, 4) is 0 Å². The molecule has 1 heterocycles. The molecule has 0 saturated carbocycles. The Morgan fingerprint density at radius 2 is 2.18 bits per heavy atom. The van der Waals surface area contributed by atoms with E-state index in [1.165, 1.54) is 5.57 Å². The standard InChI is InChI=1S/C15H22O2/c1-10(2)12-9-14-15(4,17-14)7-5-6-11(3)8-13(12)16/h6,14H,5,7-9H2,1-4H3/b11-6-. The van der Waals surface area contributed by atoms with Gasteiger partial charge in [-0.2, -0.15) is 0 Å². The first-order valence-corrected chi connectivity index (χ1v) is 6.45. The van der Waals surface area contributed by atoms with Gasteiger partial charge in [0.15, 0.2) is 5.78 Å². The average molecular weight is 234 g/mol. The Balaban J connectivity index is 2.25. The zero-order valence-electron chi connectivity index (χ0n) is 11.3. The Labute approximate surface area is 104 Å². The third-order valence-corrected chi connectivity index (χ3v) is 3.94. The van der Waals surface area contributed by atoms with Gasteiger partial charge in [0.1, 0.15) is 0 Å². The lowest BCUT2D eigenvalue weighted by atomic mass is 9.89. The molecule has 1 aliphatic carbocycles. The molecule has 0 spiro atoms. The molecule has 2 unspecified atom stereocenters. The highest BCUT2D eigenvalue weighted by Gasteiger charge is 2.51. The number of hydrogen-bond donors (Lipinski definition) is 0. The van der Waals surface area contributed by atoms with Crippen molar-refractivity contribution >= 4 is 5.78 Å². The van der Waals surface area contributed by atoms with Gasteiger partial charge in [-0.15, -0.1) is 0 Å². The number of ether oxygens (including phenoxy) is 1. The van der Waals surface area contributed by atoms with Crippen LogP contribution in [0.2, 0.25) is 0 Å². The monoisotopic (exact) mass is 234 g/mol. The molecule has 2 atom stereocenters. The molecule has 0 N–H and O–H groups in total. The summed E-state index contributed by atoms with van der Waals surface area (Å²) in [4.78, 5) is 12.2. The van der Waals surface area contributed by atoms with E-state index in [0.717, 1.165) is 30.4 Å². The third kappa shape index (κ3) is 2.68. The van der Waals surface area contributed by atoms with Crippen molar-refractivity contribution in [3.05, 3.63) is 22.8 Å². The second-order valence-corrected chi connectivity index (χ2v) is 5.79. The van der Waals surface area contributed by atoms with Crippen LogP contribution in [0.3, 0.4) is 0 Å². The Kier molecular flexibility index (Phi) is 3.26. The maximum atomic E-state index is 12.2. The highest BCUT2D eigenvalue weighted by atomic mass is 16.6. The molecule has 2 heteroatoms. The summed E-state index contributed by atoms with van der Waals surface area (Å²) in [5, 5.41) is 0. The van der Waals surface area contributed by atoms with E-state index in [0.29, 0.717) is 6.42 Å². The zero-order valence-corrected chi connectivity index (χ0v) is 11.3. The van der Waals surface area contributed by atoms with Gasteiger partial charge in [-0.25, -0.2) is 0 Å². The Morgan fingerprint density at radius 1 is 1.47 bits per heavy atom. The molecule has 0 radical (unpaired) electrons. The summed E-state index contributed by atoms with van der Waals surface area (Å²) < 4.78 is 5.78. The SMILES string of the molecule is CC(C)=C1CC2OC2(C)CC/C=C(/C)CC1=O. The molecular formula is C15H22O2. The van der Waals surface area contributed by atoms with Gasteiger partial charge in [0.25, 0.3) is 0 Å². The van der Waals surface area contributed by atoms with Crippen molar-refractivity contribution in [2.75, 3.05) is 0 Å². The van der Waals surface area contributed by atoms with Crippen LogP contribution in [0.15, 0.2) is 22.8 Å². The van der Waals surface area contributed by atoms with E-state index in [1.807, 2.05) is 13.8 Å². The predicted molar refractivity (Wildman–Crippen MR) is 68.9 cm³/mol. The van der Waals surface area contributed by atoms with Gasteiger partial charge < -0.3 is 4.74 Å². The van der Waals surface area contributed by atoms with Crippen molar-refractivity contribution in [1.82, 2.24) is 0 Å². The smallest absolute Gasteiger partial charge is 0.162 e. The molecule has 2 nitrogen and oxygen atoms in total. The summed E-state index contributed by atoms with van der Waals surface area (Å²) in [6.07, 6.45) is 5.91. The number of carbonyl (C=O) groups is 1. The first-order valence-electron chi connectivity index (χ1n) is 6.45. The van der Waals surface area contributed by atoms with Crippen LogP contribution in [0.4, 0.5) is 0 Å². The molecule has 2 aliphatic rings. The van der Waals surface area contributed by atoms with Crippen molar-refractivity contribution < 1.29 is 9.53 Å². The minimum atomic E-state index is 0.00903. The molecule has 0 amide bonds. The van der Waals surface area contributed by atoms with E-state index in [4.69, 9.17) is 4.74 Å². The number of fused-ring (bicyclic) bond motifs is 1. The van der Waals surface area contributed by atoms with Crippen molar-refractivity contribution in [1.29, 1.82) is 0 Å². The van der Waals surface area contributed by atoms with Gasteiger partial charge in [-0.3, -0.25) is 4.79 Å². The molecule has 1 fully saturated rings. The second-order valence-electron chi connectivity index (χ2n) is 5.79. The number of ketones is 1. The minimum Gasteiger partial charge on any atom is -0.366 e. The van der Waals surface area contributed by atoms with Crippen LogP contribution in [-0.2, 0) is 9.53 Å². The summed E-state index contributed by atoms with van der Waals surface area (Å²) in [6.45, 7) is 8.26. The van der Waals surface area contributed by atoms with Crippen LogP contribution < -0.4 is 0 Å². The molecule has 94 valence electrons. The van der Waals surface area contributed by atoms with Gasteiger partial charge in [0.2, 0.25) is 0 Å². The van der Waals surface area contributed by atoms with Gasteiger partial charge in [0, 0.05) is 12.8 Å². The zero-order chi connectivity index (χ0) is 12.6. The topological polar surface area (TPSA) is 29.6 Å².